The topological polar surface area (TPSA) is 96.4 Å². The highest BCUT2D eigenvalue weighted by atomic mass is 32.2. The van der Waals surface area contributed by atoms with E-state index in [0.717, 1.165) is 6.26 Å². The largest absolute Gasteiger partial charge is 0.478 e. The molecule has 7 heteroatoms. The summed E-state index contributed by atoms with van der Waals surface area (Å²) in [4.78, 5) is 15.3. The lowest BCUT2D eigenvalue weighted by atomic mass is 10.2. The van der Waals surface area contributed by atoms with Crippen molar-refractivity contribution in [3.63, 3.8) is 0 Å². The lowest BCUT2D eigenvalue weighted by Crippen LogP contribution is -2.04. The molecule has 1 heterocycles. The van der Waals surface area contributed by atoms with Crippen molar-refractivity contribution in [3.8, 4) is 0 Å². The number of hydrogen-bond acceptors (Lipinski definition) is 5. The van der Waals surface area contributed by atoms with Gasteiger partial charge in [0.15, 0.2) is 9.84 Å². The van der Waals surface area contributed by atoms with Crippen LogP contribution in [-0.4, -0.2) is 30.7 Å². The van der Waals surface area contributed by atoms with Gasteiger partial charge < -0.3 is 10.4 Å². The fraction of sp³-hybridized carbons (Fsp3) is 0.143. The Morgan fingerprint density at radius 1 is 1.24 bits per heavy atom. The minimum atomic E-state index is -3.25. The third-order valence-corrected chi connectivity index (χ3v) is 3.96. The van der Waals surface area contributed by atoms with E-state index in [-0.39, 0.29) is 10.5 Å². The van der Waals surface area contributed by atoms with Gasteiger partial charge in [-0.15, -0.1) is 0 Å². The van der Waals surface area contributed by atoms with Gasteiger partial charge in [-0.3, -0.25) is 4.98 Å². The first-order valence-corrected chi connectivity index (χ1v) is 7.93. The monoisotopic (exact) mass is 306 g/mol. The molecular formula is C14H14N2O4S. The Morgan fingerprint density at radius 2 is 1.86 bits per heavy atom. The molecule has 21 heavy (non-hydrogen) atoms. The first kappa shape index (κ1) is 15.0. The smallest absolute Gasteiger partial charge is 0.339 e. The van der Waals surface area contributed by atoms with Gasteiger partial charge in [-0.25, -0.2) is 13.2 Å². The van der Waals surface area contributed by atoms with E-state index in [1.54, 1.807) is 25.1 Å². The quantitative estimate of drug-likeness (QED) is 0.899. The molecule has 0 radical (unpaired) electrons. The Kier molecular flexibility index (Phi) is 3.95. The lowest BCUT2D eigenvalue weighted by molar-refractivity contribution is 0.0697. The number of carboxylic acids is 1. The Morgan fingerprint density at radius 3 is 2.38 bits per heavy atom. The number of aromatic nitrogens is 1. The molecule has 0 atom stereocenters. The summed E-state index contributed by atoms with van der Waals surface area (Å²) in [7, 11) is -3.25. The van der Waals surface area contributed by atoms with E-state index in [0.29, 0.717) is 17.1 Å². The van der Waals surface area contributed by atoms with Crippen LogP contribution in [0.1, 0.15) is 16.1 Å². The molecule has 1 aromatic carbocycles. The van der Waals surface area contributed by atoms with Crippen LogP contribution in [0.3, 0.4) is 0 Å². The van der Waals surface area contributed by atoms with Gasteiger partial charge in [0, 0.05) is 23.8 Å². The Hall–Kier alpha value is -2.41. The van der Waals surface area contributed by atoms with Gasteiger partial charge in [-0.05, 0) is 37.3 Å². The molecule has 0 saturated carbocycles. The molecule has 0 aliphatic rings. The van der Waals surface area contributed by atoms with Crippen LogP contribution in [0, 0.1) is 6.92 Å². The first-order valence-electron chi connectivity index (χ1n) is 6.04. The number of hydrogen-bond donors (Lipinski definition) is 2. The second-order valence-corrected chi connectivity index (χ2v) is 6.61. The number of sulfone groups is 1. The minimum absolute atomic E-state index is 0.0489. The van der Waals surface area contributed by atoms with Crippen LogP contribution in [0.15, 0.2) is 41.4 Å². The normalized spacial score (nSPS) is 11.1. The number of carboxylic acid groups (broad SMARTS) is 1. The molecule has 2 aromatic rings. The standard InChI is InChI=1S/C14H14N2O4S/c1-9-7-13(12(8-15-9)14(17)18)16-10-3-5-11(6-4-10)21(2,19)20/h3-8H,1-2H3,(H,15,16)(H,17,18). The van der Waals surface area contributed by atoms with Gasteiger partial charge >= 0.3 is 5.97 Å². The number of rotatable bonds is 4. The summed E-state index contributed by atoms with van der Waals surface area (Å²) in [5.74, 6) is -1.09. The molecule has 2 N–H and O–H groups in total. The van der Waals surface area contributed by atoms with E-state index in [2.05, 4.69) is 10.3 Å². The number of aryl methyl sites for hydroxylation is 1. The number of nitrogens with zero attached hydrogens (tertiary/aromatic N) is 1. The molecule has 0 saturated heterocycles. The number of nitrogens with one attached hydrogen (secondary N) is 1. The minimum Gasteiger partial charge on any atom is -0.478 e. The predicted molar refractivity (Wildman–Crippen MR) is 78.8 cm³/mol. The highest BCUT2D eigenvalue weighted by Gasteiger charge is 2.12. The summed E-state index contributed by atoms with van der Waals surface area (Å²) in [6.45, 7) is 1.75. The number of pyridine rings is 1. The summed E-state index contributed by atoms with van der Waals surface area (Å²) in [6.07, 6.45) is 2.41. The zero-order valence-corrected chi connectivity index (χ0v) is 12.3. The number of carbonyl (C=O) groups is 1. The Labute approximate surface area is 122 Å². The molecule has 0 amide bonds. The fourth-order valence-electron chi connectivity index (χ4n) is 1.77. The van der Waals surface area contributed by atoms with Crippen molar-refractivity contribution >= 4 is 27.2 Å². The number of aromatic carboxylic acids is 1. The number of benzene rings is 1. The zero-order chi connectivity index (χ0) is 15.6. The SMILES string of the molecule is Cc1cc(Nc2ccc(S(C)(=O)=O)cc2)c(C(=O)O)cn1. The molecule has 0 fully saturated rings. The van der Waals surface area contributed by atoms with Crippen molar-refractivity contribution in [2.75, 3.05) is 11.6 Å². The number of anilines is 2. The summed E-state index contributed by atoms with van der Waals surface area (Å²) >= 11 is 0. The van der Waals surface area contributed by atoms with E-state index in [1.807, 2.05) is 0 Å². The van der Waals surface area contributed by atoms with Gasteiger partial charge in [0.05, 0.1) is 10.6 Å². The molecule has 0 spiro atoms. The highest BCUT2D eigenvalue weighted by molar-refractivity contribution is 7.90. The Bertz CT molecular complexity index is 783. The molecule has 0 aliphatic carbocycles. The van der Waals surface area contributed by atoms with Crippen molar-refractivity contribution in [1.82, 2.24) is 4.98 Å². The van der Waals surface area contributed by atoms with Crippen LogP contribution in [0.4, 0.5) is 11.4 Å². The fourth-order valence-corrected chi connectivity index (χ4v) is 2.41. The van der Waals surface area contributed by atoms with Crippen molar-refractivity contribution in [2.45, 2.75) is 11.8 Å². The van der Waals surface area contributed by atoms with Crippen LogP contribution in [-0.2, 0) is 9.84 Å². The third kappa shape index (κ3) is 3.57. The molecule has 1 aromatic heterocycles. The van der Waals surface area contributed by atoms with Crippen LogP contribution in [0.25, 0.3) is 0 Å². The zero-order valence-electron chi connectivity index (χ0n) is 11.5. The first-order chi connectivity index (χ1) is 9.77. The van der Waals surface area contributed by atoms with Gasteiger partial charge in [0.2, 0.25) is 0 Å². The van der Waals surface area contributed by atoms with Crippen LogP contribution >= 0.6 is 0 Å². The molecule has 0 aliphatic heterocycles. The third-order valence-electron chi connectivity index (χ3n) is 2.83. The molecule has 0 unspecified atom stereocenters. The van der Waals surface area contributed by atoms with E-state index in [9.17, 15) is 13.2 Å². The maximum absolute atomic E-state index is 11.4. The van der Waals surface area contributed by atoms with E-state index >= 15 is 0 Å². The molecule has 0 bridgehead atoms. The predicted octanol–water partition coefficient (Wildman–Crippen LogP) is 2.24. The van der Waals surface area contributed by atoms with Crippen molar-refractivity contribution < 1.29 is 18.3 Å². The van der Waals surface area contributed by atoms with E-state index in [4.69, 9.17) is 5.11 Å². The maximum atomic E-state index is 11.4. The van der Waals surface area contributed by atoms with Crippen molar-refractivity contribution in [2.24, 2.45) is 0 Å². The van der Waals surface area contributed by atoms with Crippen LogP contribution in [0.2, 0.25) is 0 Å². The lowest BCUT2D eigenvalue weighted by Gasteiger charge is -2.10. The summed E-state index contributed by atoms with van der Waals surface area (Å²) in [5, 5.41) is 12.1. The summed E-state index contributed by atoms with van der Waals surface area (Å²) in [5.41, 5.74) is 1.72. The van der Waals surface area contributed by atoms with Gasteiger partial charge in [-0.2, -0.15) is 0 Å². The van der Waals surface area contributed by atoms with Crippen molar-refractivity contribution in [3.05, 3.63) is 47.8 Å². The summed E-state index contributed by atoms with van der Waals surface area (Å²) in [6, 6.07) is 7.71. The molecule has 2 rings (SSSR count). The summed E-state index contributed by atoms with van der Waals surface area (Å²) < 4.78 is 22.8. The van der Waals surface area contributed by atoms with Crippen LogP contribution < -0.4 is 5.32 Å². The van der Waals surface area contributed by atoms with Gasteiger partial charge in [-0.1, -0.05) is 0 Å². The Balaban J connectivity index is 2.34. The molecule has 6 nitrogen and oxygen atoms in total. The average Bonchev–Trinajstić information content (AvgIpc) is 2.38. The second-order valence-electron chi connectivity index (χ2n) is 4.60. The second kappa shape index (κ2) is 5.53. The van der Waals surface area contributed by atoms with E-state index in [1.165, 1.54) is 18.3 Å². The molecule has 110 valence electrons. The van der Waals surface area contributed by atoms with Gasteiger partial charge in [0.1, 0.15) is 5.56 Å². The van der Waals surface area contributed by atoms with E-state index < -0.39 is 15.8 Å². The maximum Gasteiger partial charge on any atom is 0.339 e. The van der Waals surface area contributed by atoms with Crippen LogP contribution in [0.5, 0.6) is 0 Å². The van der Waals surface area contributed by atoms with Gasteiger partial charge in [0.25, 0.3) is 0 Å². The average molecular weight is 306 g/mol. The highest BCUT2D eigenvalue weighted by Crippen LogP contribution is 2.22. The van der Waals surface area contributed by atoms with Crippen molar-refractivity contribution in [1.29, 1.82) is 0 Å². The molecular weight excluding hydrogens is 292 g/mol.